The summed E-state index contributed by atoms with van der Waals surface area (Å²) in [6.07, 6.45) is 4.66. The van der Waals surface area contributed by atoms with E-state index in [1.165, 1.54) is 11.3 Å². The Balaban J connectivity index is 1.31. The second kappa shape index (κ2) is 11.5. The minimum Gasteiger partial charge on any atom is -0.497 e. The van der Waals surface area contributed by atoms with Gasteiger partial charge in [0.05, 0.1) is 18.8 Å². The molecule has 0 saturated carbocycles. The van der Waals surface area contributed by atoms with E-state index in [4.69, 9.17) is 14.2 Å². The maximum Gasteiger partial charge on any atom is 0.407 e. The summed E-state index contributed by atoms with van der Waals surface area (Å²) in [5.41, 5.74) is 2.70. The second-order valence-corrected chi connectivity index (χ2v) is 9.96. The van der Waals surface area contributed by atoms with Crippen LogP contribution in [0.3, 0.4) is 0 Å². The van der Waals surface area contributed by atoms with E-state index in [2.05, 4.69) is 11.4 Å². The van der Waals surface area contributed by atoms with Gasteiger partial charge in [-0.3, -0.25) is 4.79 Å². The van der Waals surface area contributed by atoms with Crippen molar-refractivity contribution in [2.45, 2.75) is 63.6 Å². The molecule has 1 aliphatic carbocycles. The molecular weight excluding hydrogens is 452 g/mol. The number of carbonyl (C=O) groups excluding carboxylic acids is 2. The number of Topliss-reactive ketones (excluding diaryl/α,β-unsaturated/α-hetero) is 1. The molecule has 0 radical (unpaired) electrons. The van der Waals surface area contributed by atoms with Crippen molar-refractivity contribution in [1.29, 1.82) is 5.26 Å². The highest BCUT2D eigenvalue weighted by Gasteiger charge is 2.28. The third-order valence-electron chi connectivity index (χ3n) is 6.36. The van der Waals surface area contributed by atoms with Gasteiger partial charge in [0, 0.05) is 42.2 Å². The van der Waals surface area contributed by atoms with Crippen LogP contribution in [0, 0.1) is 11.3 Å². The second-order valence-electron chi connectivity index (χ2n) is 8.77. The Bertz CT molecular complexity index is 1070. The maximum atomic E-state index is 12.7. The van der Waals surface area contributed by atoms with Gasteiger partial charge in [-0.25, -0.2) is 4.79 Å². The van der Waals surface area contributed by atoms with E-state index in [0.717, 1.165) is 46.1 Å². The van der Waals surface area contributed by atoms with Gasteiger partial charge in [-0.1, -0.05) is 12.1 Å². The summed E-state index contributed by atoms with van der Waals surface area (Å²) >= 11 is 1.51. The van der Waals surface area contributed by atoms with Crippen LogP contribution in [-0.4, -0.2) is 44.3 Å². The number of thiophene rings is 1. The quantitative estimate of drug-likeness (QED) is 0.577. The number of nitrogens with zero attached hydrogens (tertiary/aromatic N) is 1. The lowest BCUT2D eigenvalue weighted by atomic mass is 9.92. The van der Waals surface area contributed by atoms with Gasteiger partial charge in [-0.2, -0.15) is 5.26 Å². The highest BCUT2D eigenvalue weighted by Crippen LogP contribution is 2.35. The fraction of sp³-hybridized carbons (Fsp3) is 0.500. The molecule has 1 fully saturated rings. The molecule has 1 N–H and O–H groups in total. The van der Waals surface area contributed by atoms with Gasteiger partial charge in [-0.05, 0) is 55.4 Å². The van der Waals surface area contributed by atoms with E-state index in [1.807, 2.05) is 24.3 Å². The summed E-state index contributed by atoms with van der Waals surface area (Å²) in [6.45, 7) is 1.22. The molecule has 1 aromatic heterocycles. The standard InChI is InChI=1S/C26H30N2O5S/c1-31-19-5-2-4-17(12-19)7-8-18(29)13-24-23(15-27)22-10-9-20(14-25(22)34-24)33-26(30)28-16-21-6-3-11-32-21/h2,4-5,12,20-21H,3,6-11,13-14,16H2,1H3,(H,28,30). The number of hydrogen-bond donors (Lipinski definition) is 1. The zero-order valence-corrected chi connectivity index (χ0v) is 20.2. The molecule has 1 saturated heterocycles. The predicted molar refractivity (Wildman–Crippen MR) is 128 cm³/mol. The monoisotopic (exact) mass is 482 g/mol. The molecule has 0 spiro atoms. The first kappa shape index (κ1) is 24.2. The van der Waals surface area contributed by atoms with E-state index >= 15 is 0 Å². The molecule has 1 aliphatic heterocycles. The third kappa shape index (κ3) is 6.16. The minimum absolute atomic E-state index is 0.0741. The predicted octanol–water partition coefficient (Wildman–Crippen LogP) is 4.14. The van der Waals surface area contributed by atoms with Crippen molar-refractivity contribution >= 4 is 23.2 Å². The lowest BCUT2D eigenvalue weighted by Crippen LogP contribution is -2.36. The van der Waals surface area contributed by atoms with Crippen LogP contribution in [0.1, 0.15) is 52.1 Å². The molecule has 2 heterocycles. The van der Waals surface area contributed by atoms with Crippen molar-refractivity contribution in [3.63, 3.8) is 0 Å². The van der Waals surface area contributed by atoms with Gasteiger partial charge in [0.2, 0.25) is 0 Å². The molecule has 7 nitrogen and oxygen atoms in total. The van der Waals surface area contributed by atoms with E-state index in [9.17, 15) is 14.9 Å². The molecule has 34 heavy (non-hydrogen) atoms. The van der Waals surface area contributed by atoms with E-state index in [1.54, 1.807) is 7.11 Å². The van der Waals surface area contributed by atoms with Gasteiger partial charge in [0.15, 0.2) is 0 Å². The Kier molecular flexibility index (Phi) is 8.20. The van der Waals surface area contributed by atoms with Crippen molar-refractivity contribution in [1.82, 2.24) is 5.32 Å². The number of methoxy groups -OCH3 is 1. The van der Waals surface area contributed by atoms with Crippen molar-refractivity contribution in [2.24, 2.45) is 0 Å². The molecule has 2 unspecified atom stereocenters. The number of nitriles is 1. The fourth-order valence-corrected chi connectivity index (χ4v) is 5.94. The van der Waals surface area contributed by atoms with Crippen molar-refractivity contribution < 1.29 is 23.8 Å². The summed E-state index contributed by atoms with van der Waals surface area (Å²) in [7, 11) is 1.62. The molecule has 1 aromatic carbocycles. The number of fused-ring (bicyclic) bond motifs is 1. The lowest BCUT2D eigenvalue weighted by Gasteiger charge is -2.23. The normalized spacial score (nSPS) is 19.2. The average Bonchev–Trinajstić information content (AvgIpc) is 3.48. The maximum absolute atomic E-state index is 12.7. The van der Waals surface area contributed by atoms with Crippen LogP contribution >= 0.6 is 11.3 Å². The summed E-state index contributed by atoms with van der Waals surface area (Å²) < 4.78 is 16.4. The molecule has 0 bridgehead atoms. The Hall–Kier alpha value is -2.89. The SMILES string of the molecule is COc1cccc(CCC(=O)Cc2sc3c(c2C#N)CCC(OC(=O)NCC2CCCO2)C3)c1. The number of carbonyl (C=O) groups is 2. The van der Waals surface area contributed by atoms with Crippen LogP contribution in [-0.2, 0) is 40.0 Å². The van der Waals surface area contributed by atoms with Gasteiger partial charge in [0.1, 0.15) is 23.7 Å². The lowest BCUT2D eigenvalue weighted by molar-refractivity contribution is -0.118. The Labute approximate surface area is 204 Å². The highest BCUT2D eigenvalue weighted by atomic mass is 32.1. The largest absolute Gasteiger partial charge is 0.497 e. The molecule has 4 rings (SSSR count). The zero-order valence-electron chi connectivity index (χ0n) is 19.4. The van der Waals surface area contributed by atoms with Gasteiger partial charge < -0.3 is 19.5 Å². The summed E-state index contributed by atoms with van der Waals surface area (Å²) in [4.78, 5) is 26.8. The van der Waals surface area contributed by atoms with Crippen molar-refractivity contribution in [3.05, 3.63) is 50.7 Å². The van der Waals surface area contributed by atoms with Crippen LogP contribution in [0.4, 0.5) is 4.79 Å². The smallest absolute Gasteiger partial charge is 0.407 e. The number of aryl methyl sites for hydroxylation is 1. The van der Waals surface area contributed by atoms with E-state index in [-0.39, 0.29) is 24.4 Å². The molecule has 180 valence electrons. The van der Waals surface area contributed by atoms with Gasteiger partial charge in [0.25, 0.3) is 0 Å². The topological polar surface area (TPSA) is 97.7 Å². The minimum atomic E-state index is -0.422. The number of alkyl carbamates (subject to hydrolysis) is 1. The first-order chi connectivity index (χ1) is 16.6. The van der Waals surface area contributed by atoms with Crippen LogP contribution in [0.25, 0.3) is 0 Å². The molecule has 8 heteroatoms. The molecular formula is C26H30N2O5S. The average molecular weight is 483 g/mol. The van der Waals surface area contributed by atoms with Gasteiger partial charge in [-0.15, -0.1) is 11.3 Å². The number of ether oxygens (including phenoxy) is 3. The van der Waals surface area contributed by atoms with Crippen LogP contribution < -0.4 is 10.1 Å². The molecule has 2 aromatic rings. The number of amides is 1. The van der Waals surface area contributed by atoms with E-state index < -0.39 is 6.09 Å². The summed E-state index contributed by atoms with van der Waals surface area (Å²) in [5.74, 6) is 0.888. The van der Waals surface area contributed by atoms with E-state index in [0.29, 0.717) is 44.2 Å². The van der Waals surface area contributed by atoms with Crippen LogP contribution in [0.15, 0.2) is 24.3 Å². The molecule has 2 atom stereocenters. The molecule has 2 aliphatic rings. The van der Waals surface area contributed by atoms with Crippen molar-refractivity contribution in [3.8, 4) is 11.8 Å². The fourth-order valence-electron chi connectivity index (χ4n) is 4.54. The zero-order chi connectivity index (χ0) is 23.9. The van der Waals surface area contributed by atoms with Crippen LogP contribution in [0.2, 0.25) is 0 Å². The first-order valence-corrected chi connectivity index (χ1v) is 12.6. The Morgan fingerprint density at radius 2 is 2.21 bits per heavy atom. The van der Waals surface area contributed by atoms with Crippen molar-refractivity contribution in [2.75, 3.05) is 20.3 Å². The first-order valence-electron chi connectivity index (χ1n) is 11.8. The number of rotatable bonds is 9. The van der Waals surface area contributed by atoms with Crippen LogP contribution in [0.5, 0.6) is 5.75 Å². The summed E-state index contributed by atoms with van der Waals surface area (Å²) in [6, 6.07) is 10.0. The summed E-state index contributed by atoms with van der Waals surface area (Å²) in [5, 5.41) is 12.5. The van der Waals surface area contributed by atoms with Gasteiger partial charge >= 0.3 is 6.09 Å². The third-order valence-corrected chi connectivity index (χ3v) is 7.62. The molecule has 1 amide bonds. The number of hydrogen-bond acceptors (Lipinski definition) is 7. The Morgan fingerprint density at radius 3 is 2.97 bits per heavy atom. The number of nitrogens with one attached hydrogen (secondary N) is 1. The highest BCUT2D eigenvalue weighted by molar-refractivity contribution is 7.12. The number of benzene rings is 1. The Morgan fingerprint density at radius 1 is 1.32 bits per heavy atom. The number of ketones is 1.